The van der Waals surface area contributed by atoms with Gasteiger partial charge < -0.3 is 11.1 Å². The number of rotatable bonds is 2. The van der Waals surface area contributed by atoms with Gasteiger partial charge in [0.15, 0.2) is 0 Å². The predicted molar refractivity (Wildman–Crippen MR) is 60.6 cm³/mol. The third-order valence-corrected chi connectivity index (χ3v) is 3.18. The highest BCUT2D eigenvalue weighted by Crippen LogP contribution is 2.36. The molecule has 1 amide bonds. The lowest BCUT2D eigenvalue weighted by molar-refractivity contribution is -0.122. The molecule has 80 valence electrons. The van der Waals surface area contributed by atoms with E-state index < -0.39 is 0 Å². The first-order chi connectivity index (χ1) is 7.20. The first-order valence-corrected chi connectivity index (χ1v) is 5.32. The number of primary amides is 1. The summed E-state index contributed by atoms with van der Waals surface area (Å²) in [7, 11) is 0. The third-order valence-electron chi connectivity index (χ3n) is 3.18. The van der Waals surface area contributed by atoms with Gasteiger partial charge in [0.1, 0.15) is 0 Å². The van der Waals surface area contributed by atoms with Gasteiger partial charge in [-0.25, -0.2) is 0 Å². The van der Waals surface area contributed by atoms with Crippen molar-refractivity contribution in [3.8, 4) is 0 Å². The van der Waals surface area contributed by atoms with E-state index in [4.69, 9.17) is 5.73 Å². The molecule has 2 rings (SSSR count). The smallest absolute Gasteiger partial charge is 0.220 e. The van der Waals surface area contributed by atoms with Crippen molar-refractivity contribution in [1.29, 1.82) is 0 Å². The molecule has 2 atom stereocenters. The van der Waals surface area contributed by atoms with Crippen LogP contribution in [0.15, 0.2) is 24.3 Å². The lowest BCUT2D eigenvalue weighted by atomic mass is 9.81. The molecule has 1 aliphatic rings. The molecule has 0 spiro atoms. The second-order valence-electron chi connectivity index (χ2n) is 4.10. The van der Waals surface area contributed by atoms with E-state index in [2.05, 4.69) is 17.4 Å². The van der Waals surface area contributed by atoms with Gasteiger partial charge in [-0.3, -0.25) is 4.79 Å². The molecule has 0 aromatic heterocycles. The fourth-order valence-electron chi connectivity index (χ4n) is 2.22. The van der Waals surface area contributed by atoms with Crippen molar-refractivity contribution >= 4 is 11.6 Å². The van der Waals surface area contributed by atoms with Gasteiger partial charge in [0.05, 0.1) is 0 Å². The Bertz CT molecular complexity index is 376. The minimum atomic E-state index is -0.211. The second-order valence-corrected chi connectivity index (χ2v) is 4.10. The first kappa shape index (κ1) is 10.0. The molecule has 1 aromatic rings. The number of nitrogens with one attached hydrogen (secondary N) is 1. The van der Waals surface area contributed by atoms with Gasteiger partial charge >= 0.3 is 0 Å². The lowest BCUT2D eigenvalue weighted by Gasteiger charge is -2.29. The van der Waals surface area contributed by atoms with E-state index in [1.165, 1.54) is 5.56 Å². The van der Waals surface area contributed by atoms with Gasteiger partial charge in [-0.2, -0.15) is 0 Å². The number of carbonyl (C=O) groups is 1. The van der Waals surface area contributed by atoms with Gasteiger partial charge in [0.25, 0.3) is 0 Å². The maximum Gasteiger partial charge on any atom is 0.220 e. The molecule has 0 saturated carbocycles. The Morgan fingerprint density at radius 1 is 1.53 bits per heavy atom. The van der Waals surface area contributed by atoms with Crippen LogP contribution in [-0.4, -0.2) is 12.5 Å². The number of anilines is 1. The average molecular weight is 204 g/mol. The van der Waals surface area contributed by atoms with E-state index in [-0.39, 0.29) is 17.7 Å². The fraction of sp³-hybridized carbons (Fsp3) is 0.417. The average Bonchev–Trinajstić information content (AvgIpc) is 2.27. The Morgan fingerprint density at radius 3 is 3.00 bits per heavy atom. The van der Waals surface area contributed by atoms with Crippen molar-refractivity contribution in [3.05, 3.63) is 29.8 Å². The Kier molecular flexibility index (Phi) is 2.62. The van der Waals surface area contributed by atoms with Crippen LogP contribution in [-0.2, 0) is 4.79 Å². The highest BCUT2D eigenvalue weighted by atomic mass is 16.1. The summed E-state index contributed by atoms with van der Waals surface area (Å²) in [6.45, 7) is 2.83. The summed E-state index contributed by atoms with van der Waals surface area (Å²) in [5.41, 5.74) is 7.72. The molecular formula is C12H16N2O. The summed E-state index contributed by atoms with van der Waals surface area (Å²) in [6, 6.07) is 8.14. The quantitative estimate of drug-likeness (QED) is 0.770. The van der Waals surface area contributed by atoms with Crippen LogP contribution in [0, 0.1) is 5.92 Å². The molecule has 0 aliphatic carbocycles. The molecule has 3 N–H and O–H groups in total. The van der Waals surface area contributed by atoms with E-state index in [0.29, 0.717) is 0 Å². The van der Waals surface area contributed by atoms with Crippen LogP contribution < -0.4 is 11.1 Å². The molecule has 3 nitrogen and oxygen atoms in total. The summed E-state index contributed by atoms with van der Waals surface area (Å²) < 4.78 is 0. The molecule has 1 heterocycles. The number of benzene rings is 1. The fourth-order valence-corrected chi connectivity index (χ4v) is 2.22. The Labute approximate surface area is 89.7 Å². The summed E-state index contributed by atoms with van der Waals surface area (Å²) in [5, 5.41) is 3.33. The minimum Gasteiger partial charge on any atom is -0.385 e. The van der Waals surface area contributed by atoms with Crippen molar-refractivity contribution in [2.75, 3.05) is 11.9 Å². The Hall–Kier alpha value is -1.51. The zero-order valence-electron chi connectivity index (χ0n) is 8.86. The van der Waals surface area contributed by atoms with Crippen molar-refractivity contribution in [2.45, 2.75) is 19.3 Å². The summed E-state index contributed by atoms with van der Waals surface area (Å²) in [4.78, 5) is 11.2. The van der Waals surface area contributed by atoms with Crippen LogP contribution in [0.25, 0.3) is 0 Å². The maximum absolute atomic E-state index is 11.2. The number of hydrogen-bond acceptors (Lipinski definition) is 2. The number of carbonyl (C=O) groups excluding carboxylic acids is 1. The molecule has 2 unspecified atom stereocenters. The van der Waals surface area contributed by atoms with Crippen LogP contribution in [0.4, 0.5) is 5.69 Å². The molecule has 15 heavy (non-hydrogen) atoms. The topological polar surface area (TPSA) is 55.1 Å². The maximum atomic E-state index is 11.2. The number of hydrogen-bond donors (Lipinski definition) is 2. The Balaban J connectivity index is 2.33. The molecule has 1 aliphatic heterocycles. The second kappa shape index (κ2) is 3.93. The molecule has 0 bridgehead atoms. The molecule has 0 saturated heterocycles. The lowest BCUT2D eigenvalue weighted by Crippen LogP contribution is -2.30. The summed E-state index contributed by atoms with van der Waals surface area (Å²) in [5.74, 6) is -0.0371. The van der Waals surface area contributed by atoms with E-state index in [1.54, 1.807) is 0 Å². The van der Waals surface area contributed by atoms with Gasteiger partial charge in [-0.15, -0.1) is 0 Å². The van der Waals surface area contributed by atoms with Crippen LogP contribution >= 0.6 is 0 Å². The molecular weight excluding hydrogens is 188 g/mol. The van der Waals surface area contributed by atoms with E-state index in [9.17, 15) is 4.79 Å². The minimum absolute atomic E-state index is 0.0896. The highest BCUT2D eigenvalue weighted by Gasteiger charge is 2.27. The molecule has 1 aromatic carbocycles. The third kappa shape index (κ3) is 1.82. The van der Waals surface area contributed by atoms with Crippen LogP contribution in [0.5, 0.6) is 0 Å². The SMILES string of the molecule is CC(C(N)=O)C1CCNc2ccccc21. The van der Waals surface area contributed by atoms with Gasteiger partial charge in [-0.05, 0) is 24.0 Å². The van der Waals surface area contributed by atoms with Gasteiger partial charge in [-0.1, -0.05) is 25.1 Å². The normalized spacial score (nSPS) is 21.3. The number of amides is 1. The van der Waals surface area contributed by atoms with Crippen molar-refractivity contribution < 1.29 is 4.79 Å². The van der Waals surface area contributed by atoms with Crippen molar-refractivity contribution in [3.63, 3.8) is 0 Å². The largest absolute Gasteiger partial charge is 0.385 e. The van der Waals surface area contributed by atoms with E-state index in [1.807, 2.05) is 19.1 Å². The number of para-hydroxylation sites is 1. The van der Waals surface area contributed by atoms with Crippen LogP contribution in [0.2, 0.25) is 0 Å². The number of fused-ring (bicyclic) bond motifs is 1. The van der Waals surface area contributed by atoms with Gasteiger partial charge in [0, 0.05) is 18.2 Å². The van der Waals surface area contributed by atoms with Crippen molar-refractivity contribution in [1.82, 2.24) is 0 Å². The van der Waals surface area contributed by atoms with Crippen molar-refractivity contribution in [2.24, 2.45) is 11.7 Å². The summed E-state index contributed by atoms with van der Waals surface area (Å²) in [6.07, 6.45) is 0.973. The van der Waals surface area contributed by atoms with E-state index >= 15 is 0 Å². The number of nitrogens with two attached hydrogens (primary N) is 1. The van der Waals surface area contributed by atoms with Crippen LogP contribution in [0.1, 0.15) is 24.8 Å². The Morgan fingerprint density at radius 2 is 2.27 bits per heavy atom. The molecule has 3 heteroatoms. The van der Waals surface area contributed by atoms with Gasteiger partial charge in [0.2, 0.25) is 5.91 Å². The first-order valence-electron chi connectivity index (χ1n) is 5.32. The zero-order valence-corrected chi connectivity index (χ0v) is 8.86. The highest BCUT2D eigenvalue weighted by molar-refractivity contribution is 5.78. The standard InChI is InChI=1S/C12H16N2O/c1-8(12(13)15)9-6-7-14-11-5-3-2-4-10(9)11/h2-5,8-9,14H,6-7H2,1H3,(H2,13,15). The predicted octanol–water partition coefficient (Wildman–Crippen LogP) is 1.71. The zero-order chi connectivity index (χ0) is 10.8. The van der Waals surface area contributed by atoms with E-state index in [0.717, 1.165) is 18.7 Å². The molecule has 0 fully saturated rings. The monoisotopic (exact) mass is 204 g/mol. The van der Waals surface area contributed by atoms with Crippen LogP contribution in [0.3, 0.4) is 0 Å². The summed E-state index contributed by atoms with van der Waals surface area (Å²) >= 11 is 0. The molecule has 0 radical (unpaired) electrons.